The number of nitrogens with zero attached hydrogens (tertiary/aromatic N) is 3. The quantitative estimate of drug-likeness (QED) is 0.429. The first-order valence-corrected chi connectivity index (χ1v) is 13.2. The molecule has 2 aromatic carbocycles. The van der Waals surface area contributed by atoms with Crippen molar-refractivity contribution in [1.82, 2.24) is 20.0 Å². The van der Waals surface area contributed by atoms with Gasteiger partial charge in [0, 0.05) is 46.3 Å². The van der Waals surface area contributed by atoms with Gasteiger partial charge in [-0.2, -0.15) is 26.3 Å². The molecule has 4 rings (SSSR count). The zero-order chi connectivity index (χ0) is 29.4. The second-order valence-electron chi connectivity index (χ2n) is 10.6. The summed E-state index contributed by atoms with van der Waals surface area (Å²) in [6.45, 7) is 7.58. The molecule has 0 spiro atoms. The monoisotopic (exact) mass is 574 g/mol. The molecule has 0 aromatic heterocycles. The minimum absolute atomic E-state index is 0.0142. The van der Waals surface area contributed by atoms with Gasteiger partial charge in [-0.1, -0.05) is 6.07 Å². The van der Waals surface area contributed by atoms with Crippen molar-refractivity contribution in [3.05, 3.63) is 70.0 Å². The van der Waals surface area contributed by atoms with Crippen LogP contribution in [0.15, 0.2) is 36.4 Å². The lowest BCUT2D eigenvalue weighted by Gasteiger charge is -2.37. The normalized spacial score (nSPS) is 21.5. The van der Waals surface area contributed by atoms with Crippen molar-refractivity contribution in [1.29, 1.82) is 0 Å². The number of nitrogens with one attached hydrogen (secondary N) is 1. The van der Waals surface area contributed by atoms with Crippen LogP contribution in [0.4, 0.5) is 35.5 Å². The van der Waals surface area contributed by atoms with Crippen LogP contribution >= 0.6 is 0 Å². The summed E-state index contributed by atoms with van der Waals surface area (Å²) in [6, 6.07) is 3.73. The fourth-order valence-corrected chi connectivity index (χ4v) is 5.69. The Bertz CT molecular complexity index is 1180. The molecule has 0 unspecified atom stereocenters. The Morgan fingerprint density at radius 1 is 1.00 bits per heavy atom. The van der Waals surface area contributed by atoms with Crippen LogP contribution in [0.5, 0.6) is 0 Å². The Morgan fingerprint density at radius 3 is 2.15 bits per heavy atom. The number of amides is 2. The smallest absolute Gasteiger partial charge is 0.321 e. The predicted molar refractivity (Wildman–Crippen MR) is 136 cm³/mol. The fourth-order valence-electron chi connectivity index (χ4n) is 5.69. The van der Waals surface area contributed by atoms with E-state index >= 15 is 0 Å². The average Bonchev–Trinajstić information content (AvgIpc) is 3.29. The number of carbonyl (C=O) groups is 1. The van der Waals surface area contributed by atoms with Crippen LogP contribution in [0.25, 0.3) is 0 Å². The van der Waals surface area contributed by atoms with Crippen molar-refractivity contribution in [3.63, 3.8) is 0 Å². The van der Waals surface area contributed by atoms with Gasteiger partial charge in [-0.15, -0.1) is 0 Å². The number of piperazine rings is 1. The van der Waals surface area contributed by atoms with E-state index in [0.717, 1.165) is 31.7 Å². The predicted octanol–water partition coefficient (Wildman–Crippen LogP) is 6.25. The van der Waals surface area contributed by atoms with Crippen LogP contribution < -0.4 is 5.32 Å². The van der Waals surface area contributed by atoms with E-state index in [2.05, 4.69) is 10.2 Å². The molecule has 220 valence electrons. The molecule has 40 heavy (non-hydrogen) atoms. The number of benzene rings is 2. The van der Waals surface area contributed by atoms with Gasteiger partial charge in [-0.05, 0) is 73.2 Å². The SMILES string of the molecule is Cc1cc(F)ccc1[C@H]1[C@H](CN2CCNCC2)CCN1C(=O)N(C)[C@H](C)c1cc(C(F)(F)F)cc(C(F)(F)F)c1. The molecule has 0 saturated carbocycles. The molecule has 2 heterocycles. The largest absolute Gasteiger partial charge is 0.416 e. The highest BCUT2D eigenvalue weighted by molar-refractivity contribution is 5.76. The highest BCUT2D eigenvalue weighted by Crippen LogP contribution is 2.42. The van der Waals surface area contributed by atoms with E-state index < -0.39 is 47.4 Å². The summed E-state index contributed by atoms with van der Waals surface area (Å²) in [5.41, 5.74) is -1.70. The lowest BCUT2D eigenvalue weighted by molar-refractivity contribution is -0.143. The Balaban J connectivity index is 1.65. The minimum atomic E-state index is -4.99. The van der Waals surface area contributed by atoms with Crippen LogP contribution in [0, 0.1) is 18.7 Å². The van der Waals surface area contributed by atoms with Gasteiger partial charge in [-0.25, -0.2) is 9.18 Å². The summed E-state index contributed by atoms with van der Waals surface area (Å²) in [4.78, 5) is 18.9. The maximum atomic E-state index is 14.0. The summed E-state index contributed by atoms with van der Waals surface area (Å²) in [5.74, 6) is -0.396. The van der Waals surface area contributed by atoms with Gasteiger partial charge < -0.3 is 20.0 Å². The highest BCUT2D eigenvalue weighted by Gasteiger charge is 2.42. The Hall–Kier alpha value is -2.86. The molecule has 0 aliphatic carbocycles. The zero-order valence-electron chi connectivity index (χ0n) is 22.5. The molecular weight excluding hydrogens is 541 g/mol. The summed E-state index contributed by atoms with van der Waals surface area (Å²) in [7, 11) is 1.37. The number of rotatable bonds is 5. The van der Waals surface area contributed by atoms with E-state index in [4.69, 9.17) is 0 Å². The Kier molecular flexibility index (Phi) is 8.70. The van der Waals surface area contributed by atoms with Crippen molar-refractivity contribution in [2.24, 2.45) is 5.92 Å². The van der Waals surface area contributed by atoms with Crippen molar-refractivity contribution in [2.45, 2.75) is 44.7 Å². The summed E-state index contributed by atoms with van der Waals surface area (Å²) in [5, 5.41) is 3.30. The zero-order valence-corrected chi connectivity index (χ0v) is 22.5. The average molecular weight is 575 g/mol. The van der Waals surface area contributed by atoms with E-state index in [1.165, 1.54) is 31.0 Å². The maximum Gasteiger partial charge on any atom is 0.416 e. The van der Waals surface area contributed by atoms with E-state index in [0.29, 0.717) is 37.2 Å². The number of likely N-dealkylation sites (tertiary alicyclic amines) is 1. The number of hydrogen-bond donors (Lipinski definition) is 1. The molecule has 2 saturated heterocycles. The van der Waals surface area contributed by atoms with Gasteiger partial charge in [0.1, 0.15) is 5.82 Å². The van der Waals surface area contributed by atoms with Crippen molar-refractivity contribution in [2.75, 3.05) is 46.3 Å². The van der Waals surface area contributed by atoms with E-state index in [1.807, 2.05) is 0 Å². The second-order valence-corrected chi connectivity index (χ2v) is 10.6. The lowest BCUT2D eigenvalue weighted by Crippen LogP contribution is -2.47. The number of carbonyl (C=O) groups excluding carboxylic acids is 1. The molecule has 2 aromatic rings. The third-order valence-electron chi connectivity index (χ3n) is 8.00. The number of alkyl halides is 6. The second kappa shape index (κ2) is 11.6. The third kappa shape index (κ3) is 6.54. The van der Waals surface area contributed by atoms with E-state index in [1.54, 1.807) is 17.9 Å². The van der Waals surface area contributed by atoms with Crippen molar-refractivity contribution >= 4 is 6.03 Å². The molecular formula is C28H33F7N4O. The Labute approximate surface area is 228 Å². The van der Waals surface area contributed by atoms with Gasteiger partial charge in [0.05, 0.1) is 23.2 Å². The fraction of sp³-hybridized carbons (Fsp3) is 0.536. The standard InChI is InChI=1S/C28H33F7N4O/c1-17-12-23(29)4-5-24(17)25-19(16-38-10-7-36-8-11-38)6-9-39(25)26(40)37(3)18(2)20-13-21(27(30,31)32)15-22(14-20)28(33,34)35/h4-5,12-15,18-19,25,36H,6-11,16H2,1-3H3/t18-,19+,25-/m1/s1. The van der Waals surface area contributed by atoms with Crippen LogP contribution in [0.2, 0.25) is 0 Å². The molecule has 2 fully saturated rings. The van der Waals surface area contributed by atoms with Gasteiger partial charge in [0.2, 0.25) is 0 Å². The number of hydrogen-bond acceptors (Lipinski definition) is 3. The first-order valence-electron chi connectivity index (χ1n) is 13.2. The number of halogens is 7. The van der Waals surface area contributed by atoms with Gasteiger partial charge in [0.25, 0.3) is 0 Å². The van der Waals surface area contributed by atoms with Crippen LogP contribution in [0.3, 0.4) is 0 Å². The lowest BCUT2D eigenvalue weighted by atomic mass is 9.90. The third-order valence-corrected chi connectivity index (χ3v) is 8.00. The van der Waals surface area contributed by atoms with E-state index in [-0.39, 0.29) is 17.5 Å². The van der Waals surface area contributed by atoms with Crippen LogP contribution in [0.1, 0.15) is 53.2 Å². The maximum absolute atomic E-state index is 14.0. The number of urea groups is 1. The highest BCUT2D eigenvalue weighted by atomic mass is 19.4. The summed E-state index contributed by atoms with van der Waals surface area (Å²) < 4.78 is 94.7. The molecule has 2 aliphatic heterocycles. The van der Waals surface area contributed by atoms with Gasteiger partial charge in [-0.3, -0.25) is 0 Å². The van der Waals surface area contributed by atoms with Gasteiger partial charge >= 0.3 is 18.4 Å². The van der Waals surface area contributed by atoms with Gasteiger partial charge in [0.15, 0.2) is 0 Å². The minimum Gasteiger partial charge on any atom is -0.321 e. The summed E-state index contributed by atoms with van der Waals surface area (Å²) >= 11 is 0. The molecule has 12 heteroatoms. The van der Waals surface area contributed by atoms with E-state index in [9.17, 15) is 35.5 Å². The molecule has 1 N–H and O–H groups in total. The molecule has 2 amide bonds. The number of aryl methyl sites for hydroxylation is 1. The van der Waals surface area contributed by atoms with Crippen LogP contribution in [-0.4, -0.2) is 67.0 Å². The van der Waals surface area contributed by atoms with Crippen molar-refractivity contribution in [3.8, 4) is 0 Å². The van der Waals surface area contributed by atoms with Crippen LogP contribution in [-0.2, 0) is 12.4 Å². The molecule has 0 radical (unpaired) electrons. The molecule has 2 aliphatic rings. The summed E-state index contributed by atoms with van der Waals surface area (Å²) in [6.07, 6.45) is -9.33. The van der Waals surface area contributed by atoms with Crippen molar-refractivity contribution < 1.29 is 35.5 Å². The Morgan fingerprint density at radius 2 is 1.60 bits per heavy atom. The molecule has 0 bridgehead atoms. The topological polar surface area (TPSA) is 38.8 Å². The first-order chi connectivity index (χ1) is 18.7. The molecule has 3 atom stereocenters. The first kappa shape index (κ1) is 30.1. The molecule has 5 nitrogen and oxygen atoms in total.